The molecule has 0 saturated heterocycles. The van der Waals surface area contributed by atoms with Gasteiger partial charge in [-0.05, 0) is 32.0 Å². The first kappa shape index (κ1) is 15.9. The summed E-state index contributed by atoms with van der Waals surface area (Å²) in [7, 11) is 0. The third-order valence-corrected chi connectivity index (χ3v) is 4.10. The Balaban J connectivity index is 2.21. The molecule has 0 aromatic heterocycles. The molecule has 1 heterocycles. The van der Waals surface area contributed by atoms with Gasteiger partial charge in [-0.3, -0.25) is 14.5 Å². The van der Waals surface area contributed by atoms with E-state index in [1.54, 1.807) is 18.2 Å². The van der Waals surface area contributed by atoms with Gasteiger partial charge >= 0.3 is 0 Å². The second-order valence-electron chi connectivity index (χ2n) is 5.75. The zero-order valence-electron chi connectivity index (χ0n) is 13.3. The number of hydrogen-bond acceptors (Lipinski definition) is 3. The molecule has 0 bridgehead atoms. The van der Waals surface area contributed by atoms with Gasteiger partial charge in [-0.1, -0.05) is 35.9 Å². The standard InChI is InChI=1S/C19H16FNO3/c1-11-7-9-13(10-8-11)21-17(14-5-3-4-6-15(14)20)16(12(2)22)18(23)19(21)24/h3-10,17,23H,1-2H3. The van der Waals surface area contributed by atoms with Crippen LogP contribution in [0, 0.1) is 12.7 Å². The van der Waals surface area contributed by atoms with Crippen molar-refractivity contribution in [3.63, 3.8) is 0 Å². The summed E-state index contributed by atoms with van der Waals surface area (Å²) in [5.74, 6) is -2.35. The quantitative estimate of drug-likeness (QED) is 0.937. The molecule has 1 aliphatic rings. The normalized spacial score (nSPS) is 17.5. The van der Waals surface area contributed by atoms with E-state index in [1.165, 1.54) is 30.0 Å². The summed E-state index contributed by atoms with van der Waals surface area (Å²) in [5.41, 5.74) is 1.56. The zero-order chi connectivity index (χ0) is 17.4. The number of hydrogen-bond donors (Lipinski definition) is 1. The van der Waals surface area contributed by atoms with Gasteiger partial charge in [0, 0.05) is 11.3 Å². The fraction of sp³-hybridized carbons (Fsp3) is 0.158. The smallest absolute Gasteiger partial charge is 0.294 e. The van der Waals surface area contributed by atoms with Gasteiger partial charge in [0.25, 0.3) is 5.91 Å². The van der Waals surface area contributed by atoms with Crippen LogP contribution in [-0.4, -0.2) is 16.8 Å². The number of anilines is 1. The number of Topliss-reactive ketones (excluding diaryl/α,β-unsaturated/α-hetero) is 1. The highest BCUT2D eigenvalue weighted by atomic mass is 19.1. The predicted molar refractivity (Wildman–Crippen MR) is 88.1 cm³/mol. The third kappa shape index (κ3) is 2.48. The molecule has 0 saturated carbocycles. The molecule has 0 fully saturated rings. The summed E-state index contributed by atoms with van der Waals surface area (Å²) >= 11 is 0. The van der Waals surface area contributed by atoms with Crippen molar-refractivity contribution in [2.45, 2.75) is 19.9 Å². The lowest BCUT2D eigenvalue weighted by atomic mass is 9.96. The molecule has 2 aromatic carbocycles. The molecule has 1 unspecified atom stereocenters. The lowest BCUT2D eigenvalue weighted by Crippen LogP contribution is -2.31. The van der Waals surface area contributed by atoms with Gasteiger partial charge in [0.2, 0.25) is 0 Å². The Morgan fingerprint density at radius 2 is 1.75 bits per heavy atom. The van der Waals surface area contributed by atoms with Crippen LogP contribution in [0.4, 0.5) is 10.1 Å². The van der Waals surface area contributed by atoms with Gasteiger partial charge in [0.15, 0.2) is 11.5 Å². The molecule has 0 spiro atoms. The van der Waals surface area contributed by atoms with Crippen molar-refractivity contribution in [2.24, 2.45) is 0 Å². The van der Waals surface area contributed by atoms with E-state index in [-0.39, 0.29) is 11.1 Å². The Morgan fingerprint density at radius 3 is 2.33 bits per heavy atom. The molecule has 4 nitrogen and oxygen atoms in total. The fourth-order valence-electron chi connectivity index (χ4n) is 2.93. The average Bonchev–Trinajstić information content (AvgIpc) is 2.81. The Bertz CT molecular complexity index is 855. The van der Waals surface area contributed by atoms with Gasteiger partial charge in [0.1, 0.15) is 5.82 Å². The maximum absolute atomic E-state index is 14.3. The SMILES string of the molecule is CC(=O)C1=C(O)C(=O)N(c2ccc(C)cc2)C1c1ccccc1F. The first-order valence-electron chi connectivity index (χ1n) is 7.50. The minimum absolute atomic E-state index is 0.0920. The zero-order valence-corrected chi connectivity index (χ0v) is 13.3. The van der Waals surface area contributed by atoms with Crippen molar-refractivity contribution < 1.29 is 19.1 Å². The molecule has 2 aromatic rings. The minimum Gasteiger partial charge on any atom is -0.503 e. The molecule has 1 N–H and O–H groups in total. The number of nitrogens with zero attached hydrogens (tertiary/aromatic N) is 1. The number of benzene rings is 2. The summed E-state index contributed by atoms with van der Waals surface area (Å²) in [6.45, 7) is 3.16. The van der Waals surface area contributed by atoms with Crippen molar-refractivity contribution in [2.75, 3.05) is 4.90 Å². The largest absolute Gasteiger partial charge is 0.503 e. The van der Waals surface area contributed by atoms with E-state index in [1.807, 2.05) is 19.1 Å². The molecule has 1 atom stereocenters. The predicted octanol–water partition coefficient (Wildman–Crippen LogP) is 3.62. The average molecular weight is 325 g/mol. The van der Waals surface area contributed by atoms with Crippen molar-refractivity contribution in [3.05, 3.63) is 76.8 Å². The molecule has 1 aliphatic heterocycles. The Labute approximate surface area is 138 Å². The van der Waals surface area contributed by atoms with Crippen LogP contribution in [0.5, 0.6) is 0 Å². The number of amides is 1. The van der Waals surface area contributed by atoms with Crippen molar-refractivity contribution in [1.29, 1.82) is 0 Å². The number of aliphatic hydroxyl groups excluding tert-OH is 1. The molecule has 24 heavy (non-hydrogen) atoms. The molecule has 1 amide bonds. The third-order valence-electron chi connectivity index (χ3n) is 4.10. The summed E-state index contributed by atoms with van der Waals surface area (Å²) in [4.78, 5) is 25.8. The highest BCUT2D eigenvalue weighted by molar-refractivity contribution is 6.16. The van der Waals surface area contributed by atoms with E-state index in [0.717, 1.165) is 5.56 Å². The van der Waals surface area contributed by atoms with E-state index >= 15 is 0 Å². The van der Waals surface area contributed by atoms with E-state index in [2.05, 4.69) is 0 Å². The van der Waals surface area contributed by atoms with Crippen LogP contribution >= 0.6 is 0 Å². The number of halogens is 1. The first-order chi connectivity index (χ1) is 11.4. The van der Waals surface area contributed by atoms with Crippen LogP contribution in [0.15, 0.2) is 59.9 Å². The summed E-state index contributed by atoms with van der Waals surface area (Å²) in [6, 6.07) is 12.0. The highest BCUT2D eigenvalue weighted by Crippen LogP contribution is 2.41. The van der Waals surface area contributed by atoms with Crippen LogP contribution in [-0.2, 0) is 9.59 Å². The van der Waals surface area contributed by atoms with E-state index in [0.29, 0.717) is 5.69 Å². The number of aryl methyl sites for hydroxylation is 1. The fourth-order valence-corrected chi connectivity index (χ4v) is 2.93. The topological polar surface area (TPSA) is 57.6 Å². The monoisotopic (exact) mass is 325 g/mol. The number of ketones is 1. The van der Waals surface area contributed by atoms with Crippen LogP contribution in [0.1, 0.15) is 24.1 Å². The summed E-state index contributed by atoms with van der Waals surface area (Å²) in [6.07, 6.45) is 0. The van der Waals surface area contributed by atoms with E-state index in [9.17, 15) is 19.1 Å². The Kier molecular flexibility index (Phi) is 3.93. The van der Waals surface area contributed by atoms with Crippen molar-refractivity contribution in [3.8, 4) is 0 Å². The maximum atomic E-state index is 14.3. The molecule has 0 aliphatic carbocycles. The number of rotatable bonds is 3. The van der Waals surface area contributed by atoms with Crippen LogP contribution in [0.3, 0.4) is 0 Å². The first-order valence-corrected chi connectivity index (χ1v) is 7.50. The molecule has 3 rings (SSSR count). The van der Waals surface area contributed by atoms with Crippen LogP contribution in [0.2, 0.25) is 0 Å². The number of carbonyl (C=O) groups is 2. The maximum Gasteiger partial charge on any atom is 0.294 e. The molecule has 122 valence electrons. The number of carbonyl (C=O) groups excluding carboxylic acids is 2. The van der Waals surface area contributed by atoms with E-state index < -0.39 is 29.3 Å². The minimum atomic E-state index is -0.987. The van der Waals surface area contributed by atoms with Gasteiger partial charge < -0.3 is 5.11 Å². The summed E-state index contributed by atoms with van der Waals surface area (Å²) in [5, 5.41) is 10.2. The van der Waals surface area contributed by atoms with Crippen molar-refractivity contribution >= 4 is 17.4 Å². The lowest BCUT2D eigenvalue weighted by Gasteiger charge is -2.27. The van der Waals surface area contributed by atoms with Crippen molar-refractivity contribution in [1.82, 2.24) is 0 Å². The Morgan fingerprint density at radius 1 is 1.12 bits per heavy atom. The van der Waals surface area contributed by atoms with Gasteiger partial charge in [-0.15, -0.1) is 0 Å². The van der Waals surface area contributed by atoms with Crippen LogP contribution in [0.25, 0.3) is 0 Å². The van der Waals surface area contributed by atoms with Gasteiger partial charge in [0.05, 0.1) is 11.6 Å². The number of aliphatic hydroxyl groups is 1. The highest BCUT2D eigenvalue weighted by Gasteiger charge is 2.44. The second-order valence-corrected chi connectivity index (χ2v) is 5.75. The van der Waals surface area contributed by atoms with Gasteiger partial charge in [-0.2, -0.15) is 0 Å². The molecule has 5 heteroatoms. The molecular weight excluding hydrogens is 309 g/mol. The molecular formula is C19H16FNO3. The lowest BCUT2D eigenvalue weighted by molar-refractivity contribution is -0.117. The Hall–Kier alpha value is -2.95. The van der Waals surface area contributed by atoms with Gasteiger partial charge in [-0.25, -0.2) is 4.39 Å². The van der Waals surface area contributed by atoms with Crippen LogP contribution < -0.4 is 4.90 Å². The van der Waals surface area contributed by atoms with E-state index in [4.69, 9.17) is 0 Å². The summed E-state index contributed by atoms with van der Waals surface area (Å²) < 4.78 is 14.3. The second kappa shape index (κ2) is 5.92. The molecule has 0 radical (unpaired) electrons.